The molecule has 0 bridgehead atoms. The zero-order chi connectivity index (χ0) is 12.9. The summed E-state index contributed by atoms with van der Waals surface area (Å²) in [5, 5.41) is 0. The van der Waals surface area contributed by atoms with E-state index in [9.17, 15) is 0 Å². The van der Waals surface area contributed by atoms with Gasteiger partial charge in [-0.3, -0.25) is 0 Å². The zero-order valence-corrected chi connectivity index (χ0v) is 10.1. The van der Waals surface area contributed by atoms with E-state index >= 15 is 0 Å². The Hall–Kier alpha value is -2.82. The van der Waals surface area contributed by atoms with Gasteiger partial charge < -0.3 is 0 Å². The van der Waals surface area contributed by atoms with Gasteiger partial charge in [-0.25, -0.2) is 24.8 Å². The van der Waals surface area contributed by atoms with Crippen molar-refractivity contribution in [3.8, 4) is 0 Å². The number of hydrogen-bond donors (Lipinski definition) is 0. The van der Waals surface area contributed by atoms with E-state index in [-0.39, 0.29) is 0 Å². The van der Waals surface area contributed by atoms with Gasteiger partial charge in [0.15, 0.2) is 0 Å². The second-order valence-electron chi connectivity index (χ2n) is 3.76. The minimum atomic E-state index is 0.542. The molecular formula is C14H11N5. The average molecular weight is 249 g/mol. The number of nitrogens with zero attached hydrogens (tertiary/aromatic N) is 5. The van der Waals surface area contributed by atoms with Crippen LogP contribution in [0.1, 0.15) is 0 Å². The first-order valence-corrected chi connectivity index (χ1v) is 5.84. The standard InChI is InChI=1S/C14H11N5/c1-3-8-15-12(6-1)19(13-7-2-4-9-16-13)14-17-10-5-11-18-14/h1-11H. The normalized spacial score (nSPS) is 10.1. The molecule has 0 N–H and O–H groups in total. The van der Waals surface area contributed by atoms with Crippen molar-refractivity contribution in [2.24, 2.45) is 0 Å². The molecule has 3 heterocycles. The fourth-order valence-electron chi connectivity index (χ4n) is 1.70. The molecule has 3 rings (SSSR count). The zero-order valence-electron chi connectivity index (χ0n) is 10.1. The quantitative estimate of drug-likeness (QED) is 0.714. The molecule has 0 spiro atoms. The summed E-state index contributed by atoms with van der Waals surface area (Å²) in [7, 11) is 0. The van der Waals surface area contributed by atoms with Crippen molar-refractivity contribution in [1.82, 2.24) is 19.9 Å². The van der Waals surface area contributed by atoms with Crippen LogP contribution in [0, 0.1) is 0 Å². The van der Waals surface area contributed by atoms with Crippen molar-refractivity contribution in [2.45, 2.75) is 0 Å². The summed E-state index contributed by atoms with van der Waals surface area (Å²) in [4.78, 5) is 19.0. The van der Waals surface area contributed by atoms with Crippen LogP contribution in [-0.4, -0.2) is 19.9 Å². The average Bonchev–Trinajstić information content (AvgIpc) is 2.51. The van der Waals surface area contributed by atoms with Gasteiger partial charge in [0.25, 0.3) is 0 Å². The topological polar surface area (TPSA) is 54.8 Å². The van der Waals surface area contributed by atoms with Crippen molar-refractivity contribution >= 4 is 17.6 Å². The second-order valence-corrected chi connectivity index (χ2v) is 3.76. The van der Waals surface area contributed by atoms with Gasteiger partial charge in [-0.15, -0.1) is 0 Å². The Morgan fingerprint density at radius 2 is 1.11 bits per heavy atom. The highest BCUT2D eigenvalue weighted by Gasteiger charge is 2.15. The van der Waals surface area contributed by atoms with E-state index in [1.165, 1.54) is 0 Å². The van der Waals surface area contributed by atoms with Gasteiger partial charge in [-0.1, -0.05) is 12.1 Å². The van der Waals surface area contributed by atoms with Crippen LogP contribution >= 0.6 is 0 Å². The van der Waals surface area contributed by atoms with E-state index < -0.39 is 0 Å². The number of pyridine rings is 2. The molecule has 0 aliphatic heterocycles. The molecule has 0 aliphatic rings. The Kier molecular flexibility index (Phi) is 3.10. The second kappa shape index (κ2) is 5.22. The molecule has 92 valence electrons. The van der Waals surface area contributed by atoms with Gasteiger partial charge in [-0.2, -0.15) is 0 Å². The fourth-order valence-corrected chi connectivity index (χ4v) is 1.70. The molecule has 0 saturated carbocycles. The first-order chi connectivity index (χ1) is 9.45. The molecule has 19 heavy (non-hydrogen) atoms. The summed E-state index contributed by atoms with van der Waals surface area (Å²) in [6.07, 6.45) is 6.85. The molecule has 0 aliphatic carbocycles. The lowest BCUT2D eigenvalue weighted by molar-refractivity contribution is 1.03. The Morgan fingerprint density at radius 3 is 1.58 bits per heavy atom. The molecule has 0 atom stereocenters. The first kappa shape index (κ1) is 11.3. The molecule has 0 amide bonds. The third kappa shape index (κ3) is 2.40. The summed E-state index contributed by atoms with van der Waals surface area (Å²) in [5.74, 6) is 2.00. The highest BCUT2D eigenvalue weighted by atomic mass is 15.3. The minimum absolute atomic E-state index is 0.542. The first-order valence-electron chi connectivity index (χ1n) is 5.84. The highest BCUT2D eigenvalue weighted by molar-refractivity contribution is 5.66. The van der Waals surface area contributed by atoms with Crippen LogP contribution in [0.2, 0.25) is 0 Å². The van der Waals surface area contributed by atoms with Crippen LogP contribution in [0.4, 0.5) is 17.6 Å². The Labute approximate surface area is 110 Å². The summed E-state index contributed by atoms with van der Waals surface area (Å²) >= 11 is 0. The van der Waals surface area contributed by atoms with Crippen LogP contribution in [0.25, 0.3) is 0 Å². The Morgan fingerprint density at radius 1 is 0.579 bits per heavy atom. The lowest BCUT2D eigenvalue weighted by Gasteiger charge is -2.19. The molecule has 5 nitrogen and oxygen atoms in total. The molecule has 0 saturated heterocycles. The van der Waals surface area contributed by atoms with Gasteiger partial charge in [0.1, 0.15) is 11.6 Å². The number of hydrogen-bond acceptors (Lipinski definition) is 5. The van der Waals surface area contributed by atoms with Crippen molar-refractivity contribution in [3.63, 3.8) is 0 Å². The van der Waals surface area contributed by atoms with Crippen molar-refractivity contribution in [3.05, 3.63) is 67.3 Å². The minimum Gasteiger partial charge on any atom is -0.246 e. The lowest BCUT2D eigenvalue weighted by atomic mass is 10.4. The maximum Gasteiger partial charge on any atom is 0.236 e. The summed E-state index contributed by atoms with van der Waals surface area (Å²) in [6.45, 7) is 0. The predicted octanol–water partition coefficient (Wildman–Crippen LogP) is 2.74. The van der Waals surface area contributed by atoms with Gasteiger partial charge >= 0.3 is 0 Å². The number of anilines is 3. The number of aromatic nitrogens is 4. The maximum atomic E-state index is 4.34. The van der Waals surface area contributed by atoms with Gasteiger partial charge in [0.2, 0.25) is 5.95 Å². The van der Waals surface area contributed by atoms with Crippen LogP contribution in [0.5, 0.6) is 0 Å². The lowest BCUT2D eigenvalue weighted by Crippen LogP contribution is -2.15. The Balaban J connectivity index is 2.12. The van der Waals surface area contributed by atoms with E-state index in [1.807, 2.05) is 36.4 Å². The molecule has 3 aromatic rings. The van der Waals surface area contributed by atoms with Crippen LogP contribution in [0.3, 0.4) is 0 Å². The molecule has 0 unspecified atom stereocenters. The molecule has 0 radical (unpaired) electrons. The largest absolute Gasteiger partial charge is 0.246 e. The summed E-state index contributed by atoms with van der Waals surface area (Å²) in [5.41, 5.74) is 0. The number of rotatable bonds is 3. The highest BCUT2D eigenvalue weighted by Crippen LogP contribution is 2.27. The van der Waals surface area contributed by atoms with E-state index in [4.69, 9.17) is 0 Å². The molecular weight excluding hydrogens is 238 g/mol. The third-order valence-electron chi connectivity index (χ3n) is 2.51. The SMILES string of the molecule is c1ccc(N(c2ccccn2)c2ncccn2)nc1. The van der Waals surface area contributed by atoms with Crippen LogP contribution < -0.4 is 4.90 Å². The van der Waals surface area contributed by atoms with Crippen molar-refractivity contribution in [1.29, 1.82) is 0 Å². The predicted molar refractivity (Wildman–Crippen MR) is 72.3 cm³/mol. The summed E-state index contributed by atoms with van der Waals surface area (Å²) < 4.78 is 0. The van der Waals surface area contributed by atoms with Gasteiger partial charge in [0, 0.05) is 24.8 Å². The van der Waals surface area contributed by atoms with Crippen molar-refractivity contribution < 1.29 is 0 Å². The van der Waals surface area contributed by atoms with Crippen molar-refractivity contribution in [2.75, 3.05) is 4.90 Å². The fraction of sp³-hybridized carbons (Fsp3) is 0. The molecule has 3 aromatic heterocycles. The van der Waals surface area contributed by atoms with Crippen LogP contribution in [0.15, 0.2) is 67.3 Å². The Bertz CT molecular complexity index is 534. The van der Waals surface area contributed by atoms with E-state index in [2.05, 4.69) is 19.9 Å². The molecule has 0 aromatic carbocycles. The van der Waals surface area contributed by atoms with E-state index in [1.54, 1.807) is 35.8 Å². The van der Waals surface area contributed by atoms with E-state index in [0.29, 0.717) is 5.95 Å². The monoisotopic (exact) mass is 249 g/mol. The van der Waals surface area contributed by atoms with Gasteiger partial charge in [-0.05, 0) is 30.3 Å². The maximum absolute atomic E-state index is 4.34. The van der Waals surface area contributed by atoms with Crippen LogP contribution in [-0.2, 0) is 0 Å². The third-order valence-corrected chi connectivity index (χ3v) is 2.51. The van der Waals surface area contributed by atoms with Gasteiger partial charge in [0.05, 0.1) is 0 Å². The molecule has 5 heteroatoms. The summed E-state index contributed by atoms with van der Waals surface area (Å²) in [6, 6.07) is 13.1. The smallest absolute Gasteiger partial charge is 0.236 e. The van der Waals surface area contributed by atoms with E-state index in [0.717, 1.165) is 11.6 Å². The molecule has 0 fully saturated rings.